The van der Waals surface area contributed by atoms with Gasteiger partial charge in [-0.2, -0.15) is 0 Å². The van der Waals surface area contributed by atoms with Gasteiger partial charge in [-0.05, 0) is 6.42 Å². The normalized spacial score (nSPS) is 9.00. The highest BCUT2D eigenvalue weighted by Gasteiger charge is 1.97. The van der Waals surface area contributed by atoms with E-state index >= 15 is 0 Å². The second-order valence-corrected chi connectivity index (χ2v) is 2.79. The van der Waals surface area contributed by atoms with Crippen molar-refractivity contribution in [2.75, 3.05) is 0 Å². The molecule has 58 valence electrons. The minimum absolute atomic E-state index is 0. The first-order valence-corrected chi connectivity index (χ1v) is 3.69. The summed E-state index contributed by atoms with van der Waals surface area (Å²) in [6.45, 7) is 2.57. The van der Waals surface area contributed by atoms with Crippen LogP contribution in [0.2, 0.25) is 0 Å². The van der Waals surface area contributed by atoms with Crippen molar-refractivity contribution in [1.29, 1.82) is 0 Å². The molecular formula is C5H10ClN3S. The third-order valence-electron chi connectivity index (χ3n) is 0.986. The van der Waals surface area contributed by atoms with Crippen molar-refractivity contribution in [3.63, 3.8) is 0 Å². The van der Waals surface area contributed by atoms with Crippen LogP contribution < -0.4 is 5.73 Å². The predicted molar refractivity (Wildman–Crippen MR) is 44.4 cm³/mol. The first-order valence-electron chi connectivity index (χ1n) is 2.88. The van der Waals surface area contributed by atoms with Crippen LogP contribution in [0.5, 0.6) is 0 Å². The summed E-state index contributed by atoms with van der Waals surface area (Å²) < 4.78 is 0. The van der Waals surface area contributed by atoms with Crippen molar-refractivity contribution >= 4 is 23.7 Å². The second kappa shape index (κ2) is 4.60. The first kappa shape index (κ1) is 9.81. The molecule has 0 unspecified atom stereocenters. The Morgan fingerprint density at radius 3 is 2.30 bits per heavy atom. The average molecular weight is 180 g/mol. The lowest BCUT2D eigenvalue weighted by Crippen LogP contribution is -1.94. The zero-order valence-electron chi connectivity index (χ0n) is 5.70. The standard InChI is InChI=1S/C5H9N3S.ClH/c1-2-4-7-8-5(3-6)9-4;/h2-3,6H2,1H3;1H. The molecule has 0 amide bonds. The number of halogens is 1. The molecule has 0 radical (unpaired) electrons. The van der Waals surface area contributed by atoms with Crippen molar-refractivity contribution in [1.82, 2.24) is 10.2 Å². The number of nitrogens with two attached hydrogens (primary N) is 1. The van der Waals surface area contributed by atoms with Crippen LogP contribution in [0.15, 0.2) is 0 Å². The Morgan fingerprint density at radius 2 is 2.00 bits per heavy atom. The number of aryl methyl sites for hydroxylation is 1. The van der Waals surface area contributed by atoms with Gasteiger partial charge < -0.3 is 5.73 Å². The van der Waals surface area contributed by atoms with E-state index in [-0.39, 0.29) is 12.4 Å². The number of hydrogen-bond donors (Lipinski definition) is 1. The van der Waals surface area contributed by atoms with Crippen molar-refractivity contribution in [2.45, 2.75) is 19.9 Å². The highest BCUT2D eigenvalue weighted by atomic mass is 35.5. The lowest BCUT2D eigenvalue weighted by molar-refractivity contribution is 0.922. The number of hydrogen-bond acceptors (Lipinski definition) is 4. The zero-order valence-corrected chi connectivity index (χ0v) is 7.34. The Balaban J connectivity index is 0.000000810. The fourth-order valence-electron chi connectivity index (χ4n) is 0.514. The Labute approximate surface area is 70.1 Å². The first-order chi connectivity index (χ1) is 4.36. The van der Waals surface area contributed by atoms with Crippen molar-refractivity contribution < 1.29 is 0 Å². The van der Waals surface area contributed by atoms with E-state index in [1.54, 1.807) is 11.3 Å². The molecule has 0 aliphatic carbocycles. The lowest BCUT2D eigenvalue weighted by Gasteiger charge is -1.79. The van der Waals surface area contributed by atoms with Crippen LogP contribution in [0.3, 0.4) is 0 Å². The lowest BCUT2D eigenvalue weighted by atomic mass is 10.5. The largest absolute Gasteiger partial charge is 0.324 e. The van der Waals surface area contributed by atoms with Crippen LogP contribution in [0.4, 0.5) is 0 Å². The summed E-state index contributed by atoms with van der Waals surface area (Å²) in [7, 11) is 0. The molecule has 0 aromatic carbocycles. The Hall–Kier alpha value is -0.190. The van der Waals surface area contributed by atoms with Crippen LogP contribution in [0.1, 0.15) is 16.9 Å². The van der Waals surface area contributed by atoms with Gasteiger partial charge in [-0.3, -0.25) is 0 Å². The maximum atomic E-state index is 5.33. The molecule has 3 nitrogen and oxygen atoms in total. The molecule has 10 heavy (non-hydrogen) atoms. The van der Waals surface area contributed by atoms with Crippen molar-refractivity contribution in [3.05, 3.63) is 10.0 Å². The summed E-state index contributed by atoms with van der Waals surface area (Å²) in [6, 6.07) is 0. The summed E-state index contributed by atoms with van der Waals surface area (Å²) in [5, 5.41) is 9.73. The minimum Gasteiger partial charge on any atom is -0.324 e. The van der Waals surface area contributed by atoms with Gasteiger partial charge in [-0.25, -0.2) is 0 Å². The molecule has 0 saturated heterocycles. The fourth-order valence-corrected chi connectivity index (χ4v) is 1.18. The van der Waals surface area contributed by atoms with E-state index in [0.717, 1.165) is 16.4 Å². The van der Waals surface area contributed by atoms with Crippen molar-refractivity contribution in [3.8, 4) is 0 Å². The molecule has 2 N–H and O–H groups in total. The molecular weight excluding hydrogens is 170 g/mol. The molecule has 1 aromatic rings. The minimum atomic E-state index is 0. The van der Waals surface area contributed by atoms with Gasteiger partial charge in [0.05, 0.1) is 0 Å². The smallest absolute Gasteiger partial charge is 0.131 e. The maximum Gasteiger partial charge on any atom is 0.131 e. The van der Waals surface area contributed by atoms with E-state index in [9.17, 15) is 0 Å². The van der Waals surface area contributed by atoms with Gasteiger partial charge in [0.25, 0.3) is 0 Å². The summed E-state index contributed by atoms with van der Waals surface area (Å²) in [5.74, 6) is 0. The van der Waals surface area contributed by atoms with E-state index in [2.05, 4.69) is 17.1 Å². The van der Waals surface area contributed by atoms with Gasteiger partial charge in [0.2, 0.25) is 0 Å². The Bertz CT molecular complexity index is 170. The van der Waals surface area contributed by atoms with Gasteiger partial charge >= 0.3 is 0 Å². The third-order valence-corrected chi connectivity index (χ3v) is 2.08. The highest BCUT2D eigenvalue weighted by Crippen LogP contribution is 2.07. The monoisotopic (exact) mass is 179 g/mol. The molecule has 0 atom stereocenters. The molecule has 1 aromatic heterocycles. The average Bonchev–Trinajstić information content (AvgIpc) is 2.34. The summed E-state index contributed by atoms with van der Waals surface area (Å²) in [6.07, 6.45) is 0.956. The van der Waals surface area contributed by atoms with Gasteiger partial charge in [0.1, 0.15) is 10.0 Å². The van der Waals surface area contributed by atoms with Gasteiger partial charge in [0, 0.05) is 6.54 Å². The van der Waals surface area contributed by atoms with Crippen LogP contribution in [-0.4, -0.2) is 10.2 Å². The highest BCUT2D eigenvalue weighted by molar-refractivity contribution is 7.11. The van der Waals surface area contributed by atoms with E-state index < -0.39 is 0 Å². The van der Waals surface area contributed by atoms with Crippen LogP contribution in [0, 0.1) is 0 Å². The number of rotatable bonds is 2. The topological polar surface area (TPSA) is 51.8 Å². The quantitative estimate of drug-likeness (QED) is 0.737. The maximum absolute atomic E-state index is 5.33. The van der Waals surface area contributed by atoms with Crippen LogP contribution in [0.25, 0.3) is 0 Å². The number of nitrogens with zero attached hydrogens (tertiary/aromatic N) is 2. The summed E-state index contributed by atoms with van der Waals surface area (Å²) in [4.78, 5) is 0. The van der Waals surface area contributed by atoms with E-state index in [1.165, 1.54) is 0 Å². The molecule has 0 aliphatic heterocycles. The molecule has 1 rings (SSSR count). The van der Waals surface area contributed by atoms with E-state index in [4.69, 9.17) is 5.73 Å². The van der Waals surface area contributed by atoms with E-state index in [0.29, 0.717) is 6.54 Å². The van der Waals surface area contributed by atoms with Crippen molar-refractivity contribution in [2.24, 2.45) is 5.73 Å². The molecule has 1 heterocycles. The second-order valence-electron chi connectivity index (χ2n) is 1.65. The molecule has 0 bridgehead atoms. The van der Waals surface area contributed by atoms with Crippen LogP contribution in [-0.2, 0) is 13.0 Å². The SMILES string of the molecule is CCc1nnc(CN)s1.Cl. The summed E-state index contributed by atoms with van der Waals surface area (Å²) >= 11 is 1.59. The molecule has 0 spiro atoms. The van der Waals surface area contributed by atoms with Gasteiger partial charge in [-0.1, -0.05) is 6.92 Å². The fraction of sp³-hybridized carbons (Fsp3) is 0.600. The van der Waals surface area contributed by atoms with Gasteiger partial charge in [0.15, 0.2) is 0 Å². The Morgan fingerprint density at radius 1 is 1.40 bits per heavy atom. The number of aromatic nitrogens is 2. The molecule has 0 aliphatic rings. The van der Waals surface area contributed by atoms with E-state index in [1.807, 2.05) is 0 Å². The summed E-state index contributed by atoms with van der Waals surface area (Å²) in [5.41, 5.74) is 5.33. The molecule has 0 fully saturated rings. The van der Waals surface area contributed by atoms with Crippen LogP contribution >= 0.6 is 23.7 Å². The Kier molecular flexibility index (Phi) is 4.51. The third kappa shape index (κ3) is 2.21. The molecule has 0 saturated carbocycles. The zero-order chi connectivity index (χ0) is 6.69. The predicted octanol–water partition coefficient (Wildman–Crippen LogP) is 0.981. The molecule has 5 heteroatoms. The van der Waals surface area contributed by atoms with Gasteiger partial charge in [-0.15, -0.1) is 33.9 Å².